The molecule has 0 aliphatic carbocycles. The Labute approximate surface area is 141 Å². The first-order valence-electron chi connectivity index (χ1n) is 8.81. The molecule has 0 saturated carbocycles. The summed E-state index contributed by atoms with van der Waals surface area (Å²) in [5, 5.41) is 0. The summed E-state index contributed by atoms with van der Waals surface area (Å²) < 4.78 is 0. The second-order valence-electron chi connectivity index (χ2n) is 6.11. The van der Waals surface area contributed by atoms with Gasteiger partial charge in [0.2, 0.25) is 0 Å². The molecule has 0 heteroatoms. The van der Waals surface area contributed by atoms with Crippen molar-refractivity contribution in [3.05, 3.63) is 83.9 Å². The molecule has 0 heterocycles. The van der Waals surface area contributed by atoms with Gasteiger partial charge in [0, 0.05) is 0 Å². The van der Waals surface area contributed by atoms with Crippen LogP contribution in [0.2, 0.25) is 0 Å². The second kappa shape index (κ2) is 10.6. The van der Waals surface area contributed by atoms with Gasteiger partial charge in [0.25, 0.3) is 0 Å². The first-order valence-corrected chi connectivity index (χ1v) is 8.81. The van der Waals surface area contributed by atoms with Gasteiger partial charge in [0.05, 0.1) is 0 Å². The summed E-state index contributed by atoms with van der Waals surface area (Å²) in [7, 11) is 0. The number of unbranched alkanes of at least 4 members (excludes halogenated alkanes) is 1. The van der Waals surface area contributed by atoms with Crippen LogP contribution in [0.1, 0.15) is 50.2 Å². The number of benzene rings is 2. The number of hydrogen-bond donors (Lipinski definition) is 0. The van der Waals surface area contributed by atoms with Crippen molar-refractivity contribution in [1.82, 2.24) is 0 Å². The van der Waals surface area contributed by atoms with Crippen LogP contribution in [-0.4, -0.2) is 0 Å². The van der Waals surface area contributed by atoms with Crippen molar-refractivity contribution in [3.8, 4) is 0 Å². The summed E-state index contributed by atoms with van der Waals surface area (Å²) in [6.07, 6.45) is 15.4. The third-order valence-corrected chi connectivity index (χ3v) is 4.12. The fourth-order valence-electron chi connectivity index (χ4n) is 2.75. The molecule has 0 radical (unpaired) electrons. The molecule has 2 aromatic rings. The van der Waals surface area contributed by atoms with Gasteiger partial charge in [-0.2, -0.15) is 0 Å². The Morgan fingerprint density at radius 3 is 1.65 bits per heavy atom. The van der Waals surface area contributed by atoms with E-state index in [1.54, 1.807) is 0 Å². The zero-order valence-electron chi connectivity index (χ0n) is 14.2. The van der Waals surface area contributed by atoms with Gasteiger partial charge in [0.1, 0.15) is 0 Å². The van der Waals surface area contributed by atoms with Gasteiger partial charge in [-0.3, -0.25) is 0 Å². The number of rotatable bonds is 9. The molecule has 0 spiro atoms. The molecule has 0 N–H and O–H groups in total. The van der Waals surface area contributed by atoms with E-state index in [1.807, 2.05) is 0 Å². The fraction of sp³-hybridized carbons (Fsp3) is 0.304. The molecule has 0 aromatic heterocycles. The molecule has 0 aliphatic rings. The molecule has 0 amide bonds. The van der Waals surface area contributed by atoms with Gasteiger partial charge in [-0.1, -0.05) is 105 Å². The Kier molecular flexibility index (Phi) is 7.97. The third kappa shape index (κ3) is 7.15. The molecular formula is C23H28. The van der Waals surface area contributed by atoms with E-state index in [1.165, 1.54) is 30.4 Å². The molecular weight excluding hydrogens is 276 g/mol. The monoisotopic (exact) mass is 304 g/mol. The lowest BCUT2D eigenvalue weighted by molar-refractivity contribution is 0.476. The molecule has 0 fully saturated rings. The summed E-state index contributed by atoms with van der Waals surface area (Å²) in [4.78, 5) is 0. The Hall–Kier alpha value is -2.08. The predicted octanol–water partition coefficient (Wildman–Crippen LogP) is 7.00. The standard InChI is InChI=1S/C23H28/c1-2-3-12-21(17-10-19-22-13-6-4-7-14-22)18-11-20-23-15-8-5-9-16-23/h4-11,13-16,19-21H,2-3,12,17-18H2,1H3/b19-10+,20-11+. The lowest BCUT2D eigenvalue weighted by atomic mass is 9.94. The van der Waals surface area contributed by atoms with E-state index in [-0.39, 0.29) is 0 Å². The maximum atomic E-state index is 2.34. The van der Waals surface area contributed by atoms with E-state index in [0.29, 0.717) is 0 Å². The van der Waals surface area contributed by atoms with Crippen molar-refractivity contribution >= 4 is 12.2 Å². The van der Waals surface area contributed by atoms with Gasteiger partial charge >= 0.3 is 0 Å². The minimum absolute atomic E-state index is 0.745. The molecule has 0 bridgehead atoms. The number of hydrogen-bond acceptors (Lipinski definition) is 0. The fourth-order valence-corrected chi connectivity index (χ4v) is 2.75. The van der Waals surface area contributed by atoms with Crippen LogP contribution in [-0.2, 0) is 0 Å². The summed E-state index contributed by atoms with van der Waals surface area (Å²) >= 11 is 0. The van der Waals surface area contributed by atoms with Crippen LogP contribution in [0.15, 0.2) is 72.8 Å². The average Bonchev–Trinajstić information content (AvgIpc) is 2.61. The summed E-state index contributed by atoms with van der Waals surface area (Å²) in [6, 6.07) is 21.1. The first-order chi connectivity index (χ1) is 11.4. The van der Waals surface area contributed by atoms with Crippen molar-refractivity contribution in [2.75, 3.05) is 0 Å². The normalized spacial score (nSPS) is 11.7. The predicted molar refractivity (Wildman–Crippen MR) is 103 cm³/mol. The Bertz CT molecular complexity index is 526. The average molecular weight is 304 g/mol. The highest BCUT2D eigenvalue weighted by molar-refractivity contribution is 5.49. The van der Waals surface area contributed by atoms with Crippen molar-refractivity contribution in [3.63, 3.8) is 0 Å². The van der Waals surface area contributed by atoms with Gasteiger partial charge < -0.3 is 0 Å². The third-order valence-electron chi connectivity index (χ3n) is 4.12. The molecule has 2 rings (SSSR count). The molecule has 120 valence electrons. The second-order valence-corrected chi connectivity index (χ2v) is 6.11. The Balaban J connectivity index is 1.86. The van der Waals surface area contributed by atoms with Gasteiger partial charge in [0.15, 0.2) is 0 Å². The van der Waals surface area contributed by atoms with Gasteiger partial charge in [-0.05, 0) is 36.3 Å². The molecule has 0 nitrogen and oxygen atoms in total. The lowest BCUT2D eigenvalue weighted by Gasteiger charge is -2.12. The highest BCUT2D eigenvalue weighted by Gasteiger charge is 2.04. The highest BCUT2D eigenvalue weighted by atomic mass is 14.1. The lowest BCUT2D eigenvalue weighted by Crippen LogP contribution is -1.97. The van der Waals surface area contributed by atoms with E-state index in [2.05, 4.69) is 91.9 Å². The summed E-state index contributed by atoms with van der Waals surface area (Å²) in [5.74, 6) is 0.745. The van der Waals surface area contributed by atoms with Crippen LogP contribution >= 0.6 is 0 Å². The molecule has 0 atom stereocenters. The Morgan fingerprint density at radius 1 is 0.739 bits per heavy atom. The smallest absolute Gasteiger partial charge is 0.0260 e. The maximum Gasteiger partial charge on any atom is -0.0260 e. The zero-order valence-corrected chi connectivity index (χ0v) is 14.2. The minimum Gasteiger partial charge on any atom is -0.0837 e. The van der Waals surface area contributed by atoms with Crippen molar-refractivity contribution in [1.29, 1.82) is 0 Å². The van der Waals surface area contributed by atoms with Crippen LogP contribution in [0.3, 0.4) is 0 Å². The Morgan fingerprint density at radius 2 is 1.22 bits per heavy atom. The first kappa shape index (κ1) is 17.3. The topological polar surface area (TPSA) is 0 Å². The quantitative estimate of drug-likeness (QED) is 0.468. The van der Waals surface area contributed by atoms with Crippen LogP contribution in [0.5, 0.6) is 0 Å². The van der Waals surface area contributed by atoms with Crippen molar-refractivity contribution < 1.29 is 0 Å². The van der Waals surface area contributed by atoms with Crippen LogP contribution in [0, 0.1) is 5.92 Å². The van der Waals surface area contributed by atoms with E-state index >= 15 is 0 Å². The minimum atomic E-state index is 0.745. The van der Waals surface area contributed by atoms with E-state index in [9.17, 15) is 0 Å². The summed E-state index contributed by atoms with van der Waals surface area (Å²) in [5.41, 5.74) is 2.59. The van der Waals surface area contributed by atoms with Crippen LogP contribution < -0.4 is 0 Å². The van der Waals surface area contributed by atoms with E-state index in [4.69, 9.17) is 0 Å². The highest BCUT2D eigenvalue weighted by Crippen LogP contribution is 2.20. The van der Waals surface area contributed by atoms with Crippen molar-refractivity contribution in [2.24, 2.45) is 5.92 Å². The van der Waals surface area contributed by atoms with Crippen LogP contribution in [0.4, 0.5) is 0 Å². The van der Waals surface area contributed by atoms with E-state index in [0.717, 1.165) is 18.8 Å². The zero-order chi connectivity index (χ0) is 16.2. The molecule has 2 aromatic carbocycles. The number of allylic oxidation sites excluding steroid dienone is 2. The molecule has 0 saturated heterocycles. The SMILES string of the molecule is CCCCC(C/C=C/c1ccccc1)C/C=C/c1ccccc1. The molecule has 0 unspecified atom stereocenters. The maximum absolute atomic E-state index is 2.34. The van der Waals surface area contributed by atoms with E-state index < -0.39 is 0 Å². The molecule has 0 aliphatic heterocycles. The largest absolute Gasteiger partial charge is 0.0837 e. The van der Waals surface area contributed by atoms with Gasteiger partial charge in [-0.25, -0.2) is 0 Å². The van der Waals surface area contributed by atoms with Crippen molar-refractivity contribution in [2.45, 2.75) is 39.0 Å². The summed E-state index contributed by atoms with van der Waals surface area (Å²) in [6.45, 7) is 2.27. The van der Waals surface area contributed by atoms with Gasteiger partial charge in [-0.15, -0.1) is 0 Å². The van der Waals surface area contributed by atoms with Crippen LogP contribution in [0.25, 0.3) is 12.2 Å². The molecule has 23 heavy (non-hydrogen) atoms.